The van der Waals surface area contributed by atoms with E-state index < -0.39 is 0 Å². The Kier molecular flexibility index (Phi) is 7.81. The first-order chi connectivity index (χ1) is 15.0. The van der Waals surface area contributed by atoms with Crippen molar-refractivity contribution in [1.82, 2.24) is 4.98 Å². The molecule has 3 rings (SSSR count). The standard InChI is InChI=1S/C23H21ClN2O4S/c1-3-4-22(28)30-19-11-5-15(13-20(19)29-2)6-12-21(27)26-23-25-18(14-31-23)16-7-9-17(24)10-8-16/h5-14H,3-4H2,1-2H3,(H,25,26,27)/b12-6+. The van der Waals surface area contributed by atoms with Crippen LogP contribution >= 0.6 is 22.9 Å². The first kappa shape index (κ1) is 22.5. The molecule has 0 fully saturated rings. The fraction of sp³-hybridized carbons (Fsp3) is 0.174. The summed E-state index contributed by atoms with van der Waals surface area (Å²) in [7, 11) is 1.49. The number of benzene rings is 2. The van der Waals surface area contributed by atoms with Crippen molar-refractivity contribution in [2.45, 2.75) is 19.8 Å². The van der Waals surface area contributed by atoms with Crippen molar-refractivity contribution in [3.63, 3.8) is 0 Å². The van der Waals surface area contributed by atoms with Crippen molar-refractivity contribution in [3.05, 3.63) is 64.5 Å². The molecule has 0 saturated heterocycles. The van der Waals surface area contributed by atoms with Crippen LogP contribution < -0.4 is 14.8 Å². The van der Waals surface area contributed by atoms with Gasteiger partial charge in [0.1, 0.15) is 0 Å². The van der Waals surface area contributed by atoms with Crippen molar-refractivity contribution >= 4 is 46.0 Å². The molecule has 8 heteroatoms. The minimum atomic E-state index is -0.315. The van der Waals surface area contributed by atoms with Gasteiger partial charge in [-0.15, -0.1) is 11.3 Å². The highest BCUT2D eigenvalue weighted by molar-refractivity contribution is 7.14. The lowest BCUT2D eigenvalue weighted by atomic mass is 10.2. The van der Waals surface area contributed by atoms with E-state index in [2.05, 4.69) is 10.3 Å². The molecule has 0 atom stereocenters. The van der Waals surface area contributed by atoms with Gasteiger partial charge in [-0.3, -0.25) is 14.9 Å². The maximum Gasteiger partial charge on any atom is 0.311 e. The average molecular weight is 457 g/mol. The molecular weight excluding hydrogens is 436 g/mol. The van der Waals surface area contributed by atoms with Gasteiger partial charge < -0.3 is 9.47 Å². The topological polar surface area (TPSA) is 77.5 Å². The van der Waals surface area contributed by atoms with Gasteiger partial charge in [-0.05, 0) is 42.3 Å². The number of hydrogen-bond donors (Lipinski definition) is 1. The Labute approximate surface area is 189 Å². The molecule has 0 bridgehead atoms. The third-order valence-electron chi connectivity index (χ3n) is 4.17. The van der Waals surface area contributed by atoms with Crippen molar-refractivity contribution in [3.8, 4) is 22.8 Å². The lowest BCUT2D eigenvalue weighted by Gasteiger charge is -2.09. The summed E-state index contributed by atoms with van der Waals surface area (Å²) in [5.74, 6) is 0.138. The number of nitrogens with zero attached hydrogens (tertiary/aromatic N) is 1. The first-order valence-corrected chi connectivity index (χ1v) is 10.8. The van der Waals surface area contributed by atoms with Gasteiger partial charge in [0.15, 0.2) is 16.6 Å². The van der Waals surface area contributed by atoms with E-state index in [9.17, 15) is 9.59 Å². The second kappa shape index (κ2) is 10.7. The highest BCUT2D eigenvalue weighted by atomic mass is 35.5. The van der Waals surface area contributed by atoms with Crippen LogP contribution in [0.5, 0.6) is 11.5 Å². The van der Waals surface area contributed by atoms with Gasteiger partial charge in [0, 0.05) is 28.5 Å². The number of anilines is 1. The monoisotopic (exact) mass is 456 g/mol. The molecule has 6 nitrogen and oxygen atoms in total. The van der Waals surface area contributed by atoms with Crippen LogP contribution in [0, 0.1) is 0 Å². The zero-order valence-corrected chi connectivity index (χ0v) is 18.6. The number of carbonyl (C=O) groups excluding carboxylic acids is 2. The normalized spacial score (nSPS) is 10.8. The molecule has 0 spiro atoms. The van der Waals surface area contributed by atoms with E-state index in [1.54, 1.807) is 36.4 Å². The van der Waals surface area contributed by atoms with Crippen LogP contribution in [0.4, 0.5) is 5.13 Å². The van der Waals surface area contributed by atoms with Crippen LogP contribution in [-0.2, 0) is 9.59 Å². The molecule has 0 unspecified atom stereocenters. The minimum absolute atomic E-state index is 0.311. The van der Waals surface area contributed by atoms with E-state index in [-0.39, 0.29) is 11.9 Å². The molecule has 0 saturated carbocycles. The van der Waals surface area contributed by atoms with Gasteiger partial charge in [0.2, 0.25) is 5.91 Å². The van der Waals surface area contributed by atoms with Crippen LogP contribution in [0.2, 0.25) is 5.02 Å². The molecule has 1 heterocycles. The Morgan fingerprint density at radius 1 is 1.16 bits per heavy atom. The summed E-state index contributed by atoms with van der Waals surface area (Å²) in [4.78, 5) is 28.4. The van der Waals surface area contributed by atoms with E-state index in [0.29, 0.717) is 34.5 Å². The Morgan fingerprint density at radius 3 is 2.65 bits per heavy atom. The maximum absolute atomic E-state index is 12.3. The number of aromatic nitrogens is 1. The van der Waals surface area contributed by atoms with Crippen LogP contribution in [0.15, 0.2) is 53.9 Å². The number of rotatable bonds is 8. The average Bonchev–Trinajstić information content (AvgIpc) is 3.22. The third-order valence-corrected chi connectivity index (χ3v) is 5.18. The fourth-order valence-electron chi connectivity index (χ4n) is 2.65. The summed E-state index contributed by atoms with van der Waals surface area (Å²) in [6.45, 7) is 1.90. The van der Waals surface area contributed by atoms with Gasteiger partial charge in [0.25, 0.3) is 0 Å². The van der Waals surface area contributed by atoms with E-state index in [1.807, 2.05) is 24.4 Å². The van der Waals surface area contributed by atoms with Gasteiger partial charge in [-0.25, -0.2) is 4.98 Å². The predicted molar refractivity (Wildman–Crippen MR) is 124 cm³/mol. The maximum atomic E-state index is 12.3. The molecule has 0 aliphatic carbocycles. The second-order valence-electron chi connectivity index (χ2n) is 6.50. The van der Waals surface area contributed by atoms with Crippen molar-refractivity contribution in [2.24, 2.45) is 0 Å². The summed E-state index contributed by atoms with van der Waals surface area (Å²) in [5, 5.41) is 5.77. The minimum Gasteiger partial charge on any atom is -0.493 e. The Balaban J connectivity index is 1.63. The van der Waals surface area contributed by atoms with Gasteiger partial charge >= 0.3 is 5.97 Å². The number of methoxy groups -OCH3 is 1. The highest BCUT2D eigenvalue weighted by Crippen LogP contribution is 2.29. The lowest BCUT2D eigenvalue weighted by molar-refractivity contribution is -0.134. The van der Waals surface area contributed by atoms with E-state index in [0.717, 1.165) is 16.8 Å². The molecule has 0 aliphatic rings. The molecule has 160 valence electrons. The number of nitrogens with one attached hydrogen (secondary N) is 1. The SMILES string of the molecule is CCCC(=O)Oc1ccc(/C=C/C(=O)Nc2nc(-c3ccc(Cl)cc3)cs2)cc1OC. The van der Waals surface area contributed by atoms with Crippen LogP contribution in [0.3, 0.4) is 0 Å². The zero-order chi connectivity index (χ0) is 22.2. The molecule has 1 aromatic heterocycles. The summed E-state index contributed by atoms with van der Waals surface area (Å²) in [6.07, 6.45) is 4.09. The van der Waals surface area contributed by atoms with Crippen molar-refractivity contribution < 1.29 is 19.1 Å². The Hall–Kier alpha value is -3.16. The smallest absolute Gasteiger partial charge is 0.311 e. The number of carbonyl (C=O) groups is 2. The molecule has 2 aromatic carbocycles. The van der Waals surface area contributed by atoms with E-state index in [1.165, 1.54) is 24.5 Å². The number of hydrogen-bond acceptors (Lipinski definition) is 6. The largest absolute Gasteiger partial charge is 0.493 e. The molecule has 31 heavy (non-hydrogen) atoms. The zero-order valence-electron chi connectivity index (χ0n) is 17.1. The Morgan fingerprint density at radius 2 is 1.94 bits per heavy atom. The van der Waals surface area contributed by atoms with E-state index >= 15 is 0 Å². The number of halogens is 1. The molecule has 0 radical (unpaired) electrons. The van der Waals surface area contributed by atoms with Gasteiger partial charge in [0.05, 0.1) is 12.8 Å². The fourth-order valence-corrected chi connectivity index (χ4v) is 3.50. The molecular formula is C23H21ClN2O4S. The Bertz CT molecular complexity index is 1090. The molecule has 0 aliphatic heterocycles. The van der Waals surface area contributed by atoms with Gasteiger partial charge in [-0.1, -0.05) is 36.7 Å². The number of thiazole rings is 1. The molecule has 1 amide bonds. The highest BCUT2D eigenvalue weighted by Gasteiger charge is 2.10. The van der Waals surface area contributed by atoms with Crippen molar-refractivity contribution in [1.29, 1.82) is 0 Å². The summed E-state index contributed by atoms with van der Waals surface area (Å²) in [5.41, 5.74) is 2.41. The number of amides is 1. The molecule has 3 aromatic rings. The number of esters is 1. The third kappa shape index (κ3) is 6.41. The van der Waals surface area contributed by atoms with Crippen LogP contribution in [0.1, 0.15) is 25.3 Å². The van der Waals surface area contributed by atoms with Crippen LogP contribution in [-0.4, -0.2) is 24.0 Å². The lowest BCUT2D eigenvalue weighted by Crippen LogP contribution is -2.08. The second-order valence-corrected chi connectivity index (χ2v) is 7.80. The summed E-state index contributed by atoms with van der Waals surface area (Å²) < 4.78 is 10.6. The first-order valence-electron chi connectivity index (χ1n) is 9.57. The van der Waals surface area contributed by atoms with Crippen LogP contribution in [0.25, 0.3) is 17.3 Å². The predicted octanol–water partition coefficient (Wildman–Crippen LogP) is 5.83. The van der Waals surface area contributed by atoms with Crippen molar-refractivity contribution in [2.75, 3.05) is 12.4 Å². The summed E-state index contributed by atoms with van der Waals surface area (Å²) >= 11 is 7.25. The molecule has 1 N–H and O–H groups in total. The van der Waals surface area contributed by atoms with Gasteiger partial charge in [-0.2, -0.15) is 0 Å². The number of ether oxygens (including phenoxy) is 2. The quantitative estimate of drug-likeness (QED) is 0.262. The summed E-state index contributed by atoms with van der Waals surface area (Å²) in [6, 6.07) is 12.4. The van der Waals surface area contributed by atoms with E-state index in [4.69, 9.17) is 21.1 Å².